The van der Waals surface area contributed by atoms with Gasteiger partial charge in [-0.3, -0.25) is 4.79 Å². The molecular formula is C13H15Cl2NO5. The third-order valence-electron chi connectivity index (χ3n) is 2.34. The first kappa shape index (κ1) is 17.6. The molecule has 2 N–H and O–H groups in total. The number of rotatable bonds is 8. The summed E-state index contributed by atoms with van der Waals surface area (Å²) in [5.74, 6) is -1.07. The van der Waals surface area contributed by atoms with Crippen LogP contribution in [0.1, 0.15) is 6.92 Å². The molecule has 0 aromatic heterocycles. The van der Waals surface area contributed by atoms with Gasteiger partial charge in [0.15, 0.2) is 6.10 Å². The smallest absolute Gasteiger partial charge is 0.329 e. The van der Waals surface area contributed by atoms with Gasteiger partial charge >= 0.3 is 5.97 Å². The van der Waals surface area contributed by atoms with Gasteiger partial charge in [0.2, 0.25) is 0 Å². The number of ether oxygens (including phenoxy) is 2. The van der Waals surface area contributed by atoms with Crippen LogP contribution in [0.15, 0.2) is 18.2 Å². The van der Waals surface area contributed by atoms with E-state index < -0.39 is 18.7 Å². The Hall–Kier alpha value is -1.50. The van der Waals surface area contributed by atoms with Crippen LogP contribution in [0.25, 0.3) is 0 Å². The first-order valence-corrected chi connectivity index (χ1v) is 6.84. The minimum atomic E-state index is -1.06. The number of halogens is 2. The van der Waals surface area contributed by atoms with Crippen molar-refractivity contribution in [3.8, 4) is 5.75 Å². The van der Waals surface area contributed by atoms with E-state index in [1.807, 2.05) is 0 Å². The first-order chi connectivity index (χ1) is 9.90. The van der Waals surface area contributed by atoms with Gasteiger partial charge in [0.25, 0.3) is 5.91 Å². The summed E-state index contributed by atoms with van der Waals surface area (Å²) >= 11 is 11.7. The van der Waals surface area contributed by atoms with Gasteiger partial charge in [-0.05, 0) is 25.1 Å². The second-order valence-corrected chi connectivity index (χ2v) is 4.92. The van der Waals surface area contributed by atoms with Gasteiger partial charge in [0.05, 0.1) is 11.6 Å². The molecule has 0 radical (unpaired) electrons. The summed E-state index contributed by atoms with van der Waals surface area (Å²) in [7, 11) is 0. The molecule has 0 bridgehead atoms. The fourth-order valence-electron chi connectivity index (χ4n) is 1.36. The van der Waals surface area contributed by atoms with Gasteiger partial charge in [-0.1, -0.05) is 23.2 Å². The maximum absolute atomic E-state index is 11.7. The van der Waals surface area contributed by atoms with E-state index in [1.165, 1.54) is 6.07 Å². The van der Waals surface area contributed by atoms with Crippen molar-refractivity contribution in [2.24, 2.45) is 0 Å². The van der Waals surface area contributed by atoms with Crippen molar-refractivity contribution in [2.45, 2.75) is 13.0 Å². The van der Waals surface area contributed by atoms with Crippen molar-refractivity contribution < 1.29 is 24.2 Å². The Balaban J connectivity index is 2.35. The Morgan fingerprint density at radius 1 is 1.38 bits per heavy atom. The summed E-state index contributed by atoms with van der Waals surface area (Å²) in [6.07, 6.45) is -0.761. The lowest BCUT2D eigenvalue weighted by atomic mass is 10.3. The molecule has 0 saturated heterocycles. The van der Waals surface area contributed by atoms with E-state index in [0.717, 1.165) is 0 Å². The van der Waals surface area contributed by atoms with Gasteiger partial charge in [0.1, 0.15) is 12.4 Å². The van der Waals surface area contributed by atoms with Crippen LogP contribution in [0, 0.1) is 0 Å². The molecule has 116 valence electrons. The number of carboxylic acids is 1. The molecule has 0 saturated carbocycles. The average molecular weight is 336 g/mol. The number of carboxylic acid groups (broad SMARTS) is 1. The van der Waals surface area contributed by atoms with Crippen LogP contribution in [0.5, 0.6) is 5.75 Å². The first-order valence-electron chi connectivity index (χ1n) is 6.09. The van der Waals surface area contributed by atoms with Crippen molar-refractivity contribution in [1.82, 2.24) is 5.32 Å². The summed E-state index contributed by atoms with van der Waals surface area (Å²) in [5.41, 5.74) is 0. The third kappa shape index (κ3) is 6.66. The summed E-state index contributed by atoms with van der Waals surface area (Å²) in [4.78, 5) is 22.0. The quantitative estimate of drug-likeness (QED) is 0.709. The Labute approximate surface area is 131 Å². The lowest BCUT2D eigenvalue weighted by Gasteiger charge is -2.15. The highest BCUT2D eigenvalue weighted by Gasteiger charge is 2.15. The third-order valence-corrected chi connectivity index (χ3v) is 2.87. The zero-order valence-electron chi connectivity index (χ0n) is 11.3. The van der Waals surface area contributed by atoms with Crippen molar-refractivity contribution in [2.75, 3.05) is 19.8 Å². The number of amides is 1. The van der Waals surface area contributed by atoms with E-state index in [4.69, 9.17) is 37.8 Å². The summed E-state index contributed by atoms with van der Waals surface area (Å²) in [6, 6.07) is 4.69. The lowest BCUT2D eigenvalue weighted by Crippen LogP contribution is -2.38. The molecule has 1 aromatic carbocycles. The Morgan fingerprint density at radius 2 is 2.10 bits per heavy atom. The molecule has 8 heteroatoms. The van der Waals surface area contributed by atoms with E-state index in [9.17, 15) is 9.59 Å². The monoisotopic (exact) mass is 335 g/mol. The Bertz CT molecular complexity index is 509. The van der Waals surface area contributed by atoms with Crippen LogP contribution in [0.3, 0.4) is 0 Å². The zero-order valence-corrected chi connectivity index (χ0v) is 12.8. The summed E-state index contributed by atoms with van der Waals surface area (Å²) < 4.78 is 10.2. The Morgan fingerprint density at radius 3 is 2.71 bits per heavy atom. The number of aliphatic carboxylic acids is 1. The largest absolute Gasteiger partial charge is 0.480 e. The van der Waals surface area contributed by atoms with Crippen LogP contribution in [-0.2, 0) is 14.3 Å². The molecule has 0 aliphatic heterocycles. The summed E-state index contributed by atoms with van der Waals surface area (Å²) in [5, 5.41) is 11.7. The maximum Gasteiger partial charge on any atom is 0.329 e. The van der Waals surface area contributed by atoms with Crippen molar-refractivity contribution in [3.05, 3.63) is 28.2 Å². The second-order valence-electron chi connectivity index (χ2n) is 4.07. The molecule has 1 amide bonds. The molecule has 1 aromatic rings. The number of hydrogen-bond acceptors (Lipinski definition) is 4. The van der Waals surface area contributed by atoms with E-state index >= 15 is 0 Å². The fraction of sp³-hybridized carbons (Fsp3) is 0.385. The molecule has 6 nitrogen and oxygen atoms in total. The molecule has 1 unspecified atom stereocenters. The van der Waals surface area contributed by atoms with E-state index in [1.54, 1.807) is 19.1 Å². The second kappa shape index (κ2) is 8.71. The minimum Gasteiger partial charge on any atom is -0.480 e. The van der Waals surface area contributed by atoms with Crippen molar-refractivity contribution >= 4 is 35.1 Å². The molecular weight excluding hydrogens is 321 g/mol. The van der Waals surface area contributed by atoms with Gasteiger partial charge in [-0.15, -0.1) is 0 Å². The van der Waals surface area contributed by atoms with E-state index in [2.05, 4.69) is 5.32 Å². The highest BCUT2D eigenvalue weighted by atomic mass is 35.5. The van der Waals surface area contributed by atoms with E-state index in [0.29, 0.717) is 15.8 Å². The highest BCUT2D eigenvalue weighted by Crippen LogP contribution is 2.28. The number of hydrogen-bond donors (Lipinski definition) is 2. The number of nitrogens with one attached hydrogen (secondary N) is 1. The predicted octanol–water partition coefficient (Wildman–Crippen LogP) is 1.98. The topological polar surface area (TPSA) is 84.9 Å². The zero-order chi connectivity index (χ0) is 15.8. The molecule has 21 heavy (non-hydrogen) atoms. The summed E-state index contributed by atoms with van der Waals surface area (Å²) in [6.45, 7) is 1.46. The minimum absolute atomic E-state index is 0.104. The standard InChI is InChI=1S/C13H15Cl2NO5/c1-8(13(19)16-4-5-20-7-12(17)18)21-11-3-2-9(14)6-10(11)15/h2-3,6,8H,4-5,7H2,1H3,(H,16,19)(H,17,18). The Kier molecular flexibility index (Phi) is 7.28. The van der Waals surface area contributed by atoms with Gasteiger partial charge < -0.3 is 19.9 Å². The van der Waals surface area contributed by atoms with Gasteiger partial charge in [0, 0.05) is 11.6 Å². The van der Waals surface area contributed by atoms with Crippen LogP contribution in [0.4, 0.5) is 0 Å². The molecule has 1 rings (SSSR count). The number of carbonyl (C=O) groups excluding carboxylic acids is 1. The predicted molar refractivity (Wildman–Crippen MR) is 78.0 cm³/mol. The molecule has 0 aliphatic carbocycles. The number of carbonyl (C=O) groups is 2. The van der Waals surface area contributed by atoms with Crippen LogP contribution >= 0.6 is 23.2 Å². The molecule has 1 atom stereocenters. The fourth-order valence-corrected chi connectivity index (χ4v) is 1.82. The van der Waals surface area contributed by atoms with E-state index in [-0.39, 0.29) is 19.1 Å². The maximum atomic E-state index is 11.7. The number of benzene rings is 1. The van der Waals surface area contributed by atoms with Crippen molar-refractivity contribution in [1.29, 1.82) is 0 Å². The SMILES string of the molecule is CC(Oc1ccc(Cl)cc1Cl)C(=O)NCCOCC(=O)O. The molecule has 0 spiro atoms. The normalized spacial score (nSPS) is 11.8. The molecule has 0 fully saturated rings. The van der Waals surface area contributed by atoms with Crippen molar-refractivity contribution in [3.63, 3.8) is 0 Å². The van der Waals surface area contributed by atoms with Gasteiger partial charge in [-0.2, -0.15) is 0 Å². The van der Waals surface area contributed by atoms with Crippen LogP contribution in [0.2, 0.25) is 10.0 Å². The molecule has 0 aliphatic rings. The lowest BCUT2D eigenvalue weighted by molar-refractivity contribution is -0.142. The van der Waals surface area contributed by atoms with Crippen LogP contribution in [-0.4, -0.2) is 42.8 Å². The van der Waals surface area contributed by atoms with Crippen LogP contribution < -0.4 is 10.1 Å². The molecule has 0 heterocycles. The average Bonchev–Trinajstić information content (AvgIpc) is 2.40. The highest BCUT2D eigenvalue weighted by molar-refractivity contribution is 6.35. The van der Waals surface area contributed by atoms with Gasteiger partial charge in [-0.25, -0.2) is 4.79 Å².